The van der Waals surface area contributed by atoms with Crippen molar-refractivity contribution in [3.8, 4) is 0 Å². The molecule has 31 heavy (non-hydrogen) atoms. The molecule has 0 spiro atoms. The molecule has 1 fully saturated rings. The third-order valence-corrected chi connectivity index (χ3v) is 6.17. The molecule has 0 radical (unpaired) electrons. The quantitative estimate of drug-likeness (QED) is 0.530. The molecule has 0 saturated carbocycles. The number of pyridine rings is 1. The van der Waals surface area contributed by atoms with Crippen LogP contribution in [0.2, 0.25) is 0 Å². The first-order chi connectivity index (χ1) is 15.0. The van der Waals surface area contributed by atoms with Crippen LogP contribution < -0.4 is 5.32 Å². The van der Waals surface area contributed by atoms with Crippen LogP contribution in [0.5, 0.6) is 0 Å². The van der Waals surface area contributed by atoms with Gasteiger partial charge in [0.15, 0.2) is 5.76 Å². The summed E-state index contributed by atoms with van der Waals surface area (Å²) in [5, 5.41) is 16.2. The van der Waals surface area contributed by atoms with E-state index in [0.717, 1.165) is 40.5 Å². The van der Waals surface area contributed by atoms with Gasteiger partial charge in [-0.1, -0.05) is 30.3 Å². The van der Waals surface area contributed by atoms with Gasteiger partial charge in [0.05, 0.1) is 11.1 Å². The Morgan fingerprint density at radius 1 is 1.13 bits per heavy atom. The second-order valence-electron chi connectivity index (χ2n) is 8.30. The summed E-state index contributed by atoms with van der Waals surface area (Å²) in [6.45, 7) is 2.01. The van der Waals surface area contributed by atoms with Crippen LogP contribution in [-0.2, 0) is 12.1 Å². The first-order valence-electron chi connectivity index (χ1n) is 10.6. The molecule has 2 aromatic heterocycles. The highest BCUT2D eigenvalue weighted by molar-refractivity contribution is 5.96. The first-order valence-corrected chi connectivity index (χ1v) is 10.6. The lowest BCUT2D eigenvalue weighted by Crippen LogP contribution is -2.39. The minimum atomic E-state index is -0.834. The second-order valence-corrected chi connectivity index (χ2v) is 8.30. The van der Waals surface area contributed by atoms with Crippen LogP contribution in [0.25, 0.3) is 21.9 Å². The number of amides is 1. The fourth-order valence-corrected chi connectivity index (χ4v) is 4.38. The summed E-state index contributed by atoms with van der Waals surface area (Å²) in [6.07, 6.45) is 3.11. The number of aliphatic hydroxyl groups is 1. The van der Waals surface area contributed by atoms with E-state index >= 15 is 0 Å². The topological polar surface area (TPSA) is 78.6 Å². The molecule has 0 bridgehead atoms. The summed E-state index contributed by atoms with van der Waals surface area (Å²) in [6, 6.07) is 17.4. The molecule has 158 valence electrons. The molecule has 1 amide bonds. The van der Waals surface area contributed by atoms with Gasteiger partial charge in [0.25, 0.3) is 5.91 Å². The highest BCUT2D eigenvalue weighted by atomic mass is 16.3. The van der Waals surface area contributed by atoms with Crippen molar-refractivity contribution in [3.63, 3.8) is 0 Å². The zero-order valence-corrected chi connectivity index (χ0v) is 17.5. The molecule has 2 aromatic carbocycles. The van der Waals surface area contributed by atoms with Gasteiger partial charge in [-0.3, -0.25) is 9.78 Å². The largest absolute Gasteiger partial charge is 0.451 e. The standard InChI is InChI=1S/C25H25N3O3/c1-28(16-18-5-2-4-17-6-3-11-27-23(17)18)24(29)22-15-19-14-20(7-8-21(19)31-22)25(30)9-12-26-13-10-25/h2-8,11,14-15,26,30H,9-10,12-13,16H2,1H3. The zero-order chi connectivity index (χ0) is 21.4. The molecule has 5 rings (SSSR count). The van der Waals surface area contributed by atoms with E-state index in [4.69, 9.17) is 4.42 Å². The molecule has 4 aromatic rings. The lowest BCUT2D eigenvalue weighted by Gasteiger charge is -2.33. The van der Waals surface area contributed by atoms with E-state index in [1.54, 1.807) is 24.2 Å². The predicted molar refractivity (Wildman–Crippen MR) is 120 cm³/mol. The summed E-state index contributed by atoms with van der Waals surface area (Å²) in [7, 11) is 1.76. The number of aromatic nitrogens is 1. The molecule has 3 heterocycles. The molecule has 1 aliphatic rings. The third-order valence-electron chi connectivity index (χ3n) is 6.17. The average Bonchev–Trinajstić information content (AvgIpc) is 3.23. The van der Waals surface area contributed by atoms with Gasteiger partial charge in [-0.25, -0.2) is 0 Å². The van der Waals surface area contributed by atoms with Crippen molar-refractivity contribution in [2.45, 2.75) is 25.0 Å². The number of para-hydroxylation sites is 1. The maximum absolute atomic E-state index is 13.1. The second kappa shape index (κ2) is 7.80. The minimum absolute atomic E-state index is 0.189. The molecule has 6 heteroatoms. The Hall–Kier alpha value is -3.22. The van der Waals surface area contributed by atoms with Gasteiger partial charge in [-0.15, -0.1) is 0 Å². The van der Waals surface area contributed by atoms with Gasteiger partial charge in [-0.05, 0) is 61.3 Å². The fourth-order valence-electron chi connectivity index (χ4n) is 4.38. The Kier molecular flexibility index (Phi) is 4.96. The number of carbonyl (C=O) groups is 1. The van der Waals surface area contributed by atoms with Crippen molar-refractivity contribution in [2.75, 3.05) is 20.1 Å². The van der Waals surface area contributed by atoms with E-state index in [-0.39, 0.29) is 5.91 Å². The van der Waals surface area contributed by atoms with Crippen LogP contribution in [0.15, 0.2) is 65.2 Å². The highest BCUT2D eigenvalue weighted by Crippen LogP contribution is 2.33. The number of furan rings is 1. The van der Waals surface area contributed by atoms with Crippen LogP contribution in [0.4, 0.5) is 0 Å². The van der Waals surface area contributed by atoms with Crippen molar-refractivity contribution in [1.82, 2.24) is 15.2 Å². The molecule has 2 N–H and O–H groups in total. The van der Waals surface area contributed by atoms with Gasteiger partial charge in [0.2, 0.25) is 0 Å². The summed E-state index contributed by atoms with van der Waals surface area (Å²) in [5.74, 6) is 0.103. The minimum Gasteiger partial charge on any atom is -0.451 e. The number of benzene rings is 2. The molecule has 1 saturated heterocycles. The normalized spacial score (nSPS) is 15.9. The Morgan fingerprint density at radius 3 is 2.77 bits per heavy atom. The van der Waals surface area contributed by atoms with E-state index in [1.807, 2.05) is 48.5 Å². The van der Waals surface area contributed by atoms with E-state index in [2.05, 4.69) is 10.3 Å². The van der Waals surface area contributed by atoms with Crippen LogP contribution >= 0.6 is 0 Å². The van der Waals surface area contributed by atoms with E-state index in [1.165, 1.54) is 0 Å². The number of piperidine rings is 1. The predicted octanol–water partition coefficient (Wildman–Crippen LogP) is 3.82. The van der Waals surface area contributed by atoms with Crippen molar-refractivity contribution >= 4 is 27.8 Å². The highest BCUT2D eigenvalue weighted by Gasteiger charge is 2.31. The van der Waals surface area contributed by atoms with E-state index in [9.17, 15) is 9.90 Å². The zero-order valence-electron chi connectivity index (χ0n) is 17.5. The lowest BCUT2D eigenvalue weighted by molar-refractivity contribution is 0.00605. The lowest BCUT2D eigenvalue weighted by atomic mass is 9.85. The van der Waals surface area contributed by atoms with E-state index < -0.39 is 5.60 Å². The molecule has 1 aliphatic heterocycles. The molecule has 6 nitrogen and oxygen atoms in total. The van der Waals surface area contributed by atoms with Gasteiger partial charge in [0.1, 0.15) is 5.58 Å². The summed E-state index contributed by atoms with van der Waals surface area (Å²) < 4.78 is 5.85. The van der Waals surface area contributed by atoms with Gasteiger partial charge >= 0.3 is 0 Å². The van der Waals surface area contributed by atoms with Crippen LogP contribution in [0.1, 0.15) is 34.5 Å². The van der Waals surface area contributed by atoms with Crippen LogP contribution in [-0.4, -0.2) is 41.0 Å². The molecular weight excluding hydrogens is 390 g/mol. The summed E-state index contributed by atoms with van der Waals surface area (Å²) >= 11 is 0. The Balaban J connectivity index is 1.40. The number of hydrogen-bond acceptors (Lipinski definition) is 5. The summed E-state index contributed by atoms with van der Waals surface area (Å²) in [5.41, 5.74) is 2.56. The molecule has 0 aliphatic carbocycles. The molecule has 0 atom stereocenters. The maximum atomic E-state index is 13.1. The Morgan fingerprint density at radius 2 is 1.94 bits per heavy atom. The van der Waals surface area contributed by atoms with E-state index in [0.29, 0.717) is 30.7 Å². The van der Waals surface area contributed by atoms with Crippen molar-refractivity contribution in [3.05, 3.63) is 77.7 Å². The number of nitrogens with zero attached hydrogens (tertiary/aromatic N) is 2. The smallest absolute Gasteiger partial charge is 0.289 e. The summed E-state index contributed by atoms with van der Waals surface area (Å²) in [4.78, 5) is 19.2. The number of carbonyl (C=O) groups excluding carboxylic acids is 1. The third kappa shape index (κ3) is 3.69. The maximum Gasteiger partial charge on any atom is 0.289 e. The Bertz CT molecular complexity index is 1250. The SMILES string of the molecule is CN(Cc1cccc2cccnc12)C(=O)c1cc2cc(C3(O)CCNCC3)ccc2o1. The van der Waals surface area contributed by atoms with Gasteiger partial charge in [0, 0.05) is 30.6 Å². The van der Waals surface area contributed by atoms with Crippen molar-refractivity contribution in [2.24, 2.45) is 0 Å². The molecule has 0 unspecified atom stereocenters. The van der Waals surface area contributed by atoms with Crippen LogP contribution in [0.3, 0.4) is 0 Å². The Labute approximate surface area is 180 Å². The van der Waals surface area contributed by atoms with Crippen molar-refractivity contribution < 1.29 is 14.3 Å². The number of rotatable bonds is 4. The monoisotopic (exact) mass is 415 g/mol. The first kappa shape index (κ1) is 19.7. The molecular formula is C25H25N3O3. The van der Waals surface area contributed by atoms with Crippen LogP contribution in [0, 0.1) is 0 Å². The van der Waals surface area contributed by atoms with Gasteiger partial charge < -0.3 is 19.7 Å². The number of nitrogens with one attached hydrogen (secondary N) is 1. The van der Waals surface area contributed by atoms with Crippen molar-refractivity contribution in [1.29, 1.82) is 0 Å². The fraction of sp³-hybridized carbons (Fsp3) is 0.280. The number of hydrogen-bond donors (Lipinski definition) is 2. The number of fused-ring (bicyclic) bond motifs is 2. The average molecular weight is 415 g/mol. The van der Waals surface area contributed by atoms with Gasteiger partial charge in [-0.2, -0.15) is 0 Å².